The average molecular weight is 356 g/mol. The smallest absolute Gasteiger partial charge is 0.315 e. The van der Waals surface area contributed by atoms with Crippen molar-refractivity contribution in [1.29, 1.82) is 0 Å². The predicted molar refractivity (Wildman–Crippen MR) is 88.3 cm³/mol. The van der Waals surface area contributed by atoms with E-state index in [2.05, 4.69) is 15.6 Å². The first-order chi connectivity index (χ1) is 12.0. The summed E-state index contributed by atoms with van der Waals surface area (Å²) in [5.74, 6) is 0.267. The van der Waals surface area contributed by atoms with Gasteiger partial charge in [-0.15, -0.1) is 0 Å². The second kappa shape index (κ2) is 8.12. The van der Waals surface area contributed by atoms with Crippen molar-refractivity contribution < 1.29 is 18.3 Å². The molecule has 140 valence electrons. The normalized spacial score (nSPS) is 30.2. The van der Waals surface area contributed by atoms with Gasteiger partial charge in [-0.1, -0.05) is 0 Å². The summed E-state index contributed by atoms with van der Waals surface area (Å²) in [6.07, 6.45) is 4.88. The van der Waals surface area contributed by atoms with Gasteiger partial charge in [-0.25, -0.2) is 18.6 Å². The van der Waals surface area contributed by atoms with E-state index in [0.29, 0.717) is 32.3 Å². The number of aromatic nitrogens is 2. The Morgan fingerprint density at radius 1 is 1.28 bits per heavy atom. The van der Waals surface area contributed by atoms with Gasteiger partial charge in [0.2, 0.25) is 6.43 Å². The molecule has 1 aromatic rings. The largest absolute Gasteiger partial charge is 0.368 e. The molecule has 2 aliphatic rings. The van der Waals surface area contributed by atoms with E-state index in [1.165, 1.54) is 0 Å². The van der Waals surface area contributed by atoms with Crippen LogP contribution in [0.3, 0.4) is 0 Å². The number of nitrogens with zero attached hydrogens (tertiary/aromatic N) is 2. The first-order valence-corrected chi connectivity index (χ1v) is 8.98. The Hall–Kier alpha value is -1.70. The van der Waals surface area contributed by atoms with Gasteiger partial charge >= 0.3 is 6.03 Å². The second-order valence-corrected chi connectivity index (χ2v) is 7.00. The Labute approximate surface area is 146 Å². The number of hydrogen-bond donors (Lipinski definition) is 2. The summed E-state index contributed by atoms with van der Waals surface area (Å²) >= 11 is 0. The van der Waals surface area contributed by atoms with Crippen molar-refractivity contribution in [3.8, 4) is 0 Å². The number of rotatable bonds is 4. The van der Waals surface area contributed by atoms with E-state index < -0.39 is 12.3 Å². The summed E-state index contributed by atoms with van der Waals surface area (Å²) in [5.41, 5.74) is 0. The molecular weight excluding hydrogens is 330 g/mol. The van der Waals surface area contributed by atoms with Crippen LogP contribution in [-0.4, -0.2) is 40.7 Å². The number of nitrogens with one attached hydrogen (secondary N) is 2. The maximum atomic E-state index is 12.7. The van der Waals surface area contributed by atoms with Gasteiger partial charge in [0.25, 0.3) is 0 Å². The van der Waals surface area contributed by atoms with Gasteiger partial charge < -0.3 is 19.9 Å². The number of hydrogen-bond acceptors (Lipinski definition) is 3. The topological polar surface area (TPSA) is 68.2 Å². The van der Waals surface area contributed by atoms with Crippen molar-refractivity contribution in [2.75, 3.05) is 6.61 Å². The first-order valence-electron chi connectivity index (χ1n) is 8.98. The number of imidazole rings is 1. The fraction of sp³-hybridized carbons (Fsp3) is 0.765. The number of aryl methyl sites for hydroxylation is 1. The highest BCUT2D eigenvalue weighted by molar-refractivity contribution is 5.74. The van der Waals surface area contributed by atoms with Gasteiger partial charge in [0, 0.05) is 38.0 Å². The number of urea groups is 1. The molecule has 1 aliphatic carbocycles. The molecule has 1 saturated carbocycles. The molecular formula is C17H26F2N4O2. The Bertz CT molecular complexity index is 573. The molecule has 25 heavy (non-hydrogen) atoms. The quantitative estimate of drug-likeness (QED) is 0.872. The van der Waals surface area contributed by atoms with Gasteiger partial charge in [0.1, 0.15) is 11.9 Å². The molecule has 0 spiro atoms. The molecule has 2 heterocycles. The third-order valence-corrected chi connectivity index (χ3v) is 5.22. The molecule has 1 saturated heterocycles. The number of ether oxygens (including phenoxy) is 1. The zero-order valence-corrected chi connectivity index (χ0v) is 14.5. The first kappa shape index (κ1) is 18.1. The molecule has 2 atom stereocenters. The summed E-state index contributed by atoms with van der Waals surface area (Å²) < 4.78 is 33.2. The van der Waals surface area contributed by atoms with Crippen LogP contribution in [0.15, 0.2) is 12.4 Å². The lowest BCUT2D eigenvalue weighted by Crippen LogP contribution is -2.50. The summed E-state index contributed by atoms with van der Waals surface area (Å²) in [7, 11) is 1.90. The fourth-order valence-corrected chi connectivity index (χ4v) is 3.75. The zero-order valence-electron chi connectivity index (χ0n) is 14.5. The Kier molecular flexibility index (Phi) is 5.88. The highest BCUT2D eigenvalue weighted by atomic mass is 19.3. The van der Waals surface area contributed by atoms with Gasteiger partial charge in [-0.3, -0.25) is 0 Å². The number of amides is 2. The van der Waals surface area contributed by atoms with Crippen LogP contribution in [0.5, 0.6) is 0 Å². The van der Waals surface area contributed by atoms with E-state index in [0.717, 1.165) is 18.7 Å². The van der Waals surface area contributed by atoms with Crippen LogP contribution in [0.1, 0.15) is 50.5 Å². The minimum atomic E-state index is -2.26. The molecule has 6 nitrogen and oxygen atoms in total. The Morgan fingerprint density at radius 3 is 2.68 bits per heavy atom. The summed E-state index contributed by atoms with van der Waals surface area (Å²) in [6.45, 7) is 0.648. The highest BCUT2D eigenvalue weighted by Crippen LogP contribution is 2.29. The molecule has 3 rings (SSSR count). The van der Waals surface area contributed by atoms with Gasteiger partial charge in [0.15, 0.2) is 0 Å². The van der Waals surface area contributed by atoms with E-state index in [1.54, 1.807) is 6.20 Å². The molecule has 1 aromatic heterocycles. The molecule has 2 N–H and O–H groups in total. The van der Waals surface area contributed by atoms with Crippen LogP contribution >= 0.6 is 0 Å². The number of carbonyl (C=O) groups is 1. The number of halogens is 2. The number of carbonyl (C=O) groups excluding carboxylic acids is 1. The second-order valence-electron chi connectivity index (χ2n) is 7.00. The van der Waals surface area contributed by atoms with E-state index in [-0.39, 0.29) is 24.2 Å². The van der Waals surface area contributed by atoms with Crippen molar-refractivity contribution in [2.24, 2.45) is 13.0 Å². The monoisotopic (exact) mass is 356 g/mol. The zero-order chi connectivity index (χ0) is 17.8. The lowest BCUT2D eigenvalue weighted by Gasteiger charge is -2.33. The van der Waals surface area contributed by atoms with Crippen molar-refractivity contribution >= 4 is 6.03 Å². The van der Waals surface area contributed by atoms with E-state index >= 15 is 0 Å². The fourth-order valence-electron chi connectivity index (χ4n) is 3.75. The minimum absolute atomic E-state index is 0.0360. The SMILES string of the molecule is Cn1ccnc1[C@H]1OCCC[C@@H]1NC(=O)NC1CCC(C(F)F)CC1. The van der Waals surface area contributed by atoms with Crippen molar-refractivity contribution in [1.82, 2.24) is 20.2 Å². The van der Waals surface area contributed by atoms with Crippen LogP contribution < -0.4 is 10.6 Å². The summed E-state index contributed by atoms with van der Waals surface area (Å²) in [5, 5.41) is 5.92. The van der Waals surface area contributed by atoms with Crippen LogP contribution in [0.2, 0.25) is 0 Å². The number of alkyl halides is 2. The predicted octanol–water partition coefficient (Wildman–Crippen LogP) is 2.76. The van der Waals surface area contributed by atoms with Crippen LogP contribution in [0, 0.1) is 5.92 Å². The minimum Gasteiger partial charge on any atom is -0.368 e. The van der Waals surface area contributed by atoms with E-state index in [1.807, 2.05) is 17.8 Å². The highest BCUT2D eigenvalue weighted by Gasteiger charge is 2.33. The average Bonchev–Trinajstić information content (AvgIpc) is 3.01. The Morgan fingerprint density at radius 2 is 2.04 bits per heavy atom. The van der Waals surface area contributed by atoms with Gasteiger partial charge in [0.05, 0.1) is 6.04 Å². The molecule has 0 unspecified atom stereocenters. The van der Waals surface area contributed by atoms with Gasteiger partial charge in [-0.05, 0) is 38.5 Å². The van der Waals surface area contributed by atoms with Crippen LogP contribution in [-0.2, 0) is 11.8 Å². The van der Waals surface area contributed by atoms with Crippen LogP contribution in [0.25, 0.3) is 0 Å². The molecule has 2 fully saturated rings. The van der Waals surface area contributed by atoms with Crippen molar-refractivity contribution in [3.63, 3.8) is 0 Å². The lowest BCUT2D eigenvalue weighted by molar-refractivity contribution is -0.0143. The molecule has 8 heteroatoms. The molecule has 0 radical (unpaired) electrons. The standard InChI is InChI=1S/C17H26F2N4O2/c1-23-9-8-20-16(23)14-13(3-2-10-25-14)22-17(24)21-12-6-4-11(5-7-12)15(18)19/h8-9,11-15H,2-7,10H2,1H3,(H2,21,22,24)/t11?,12?,13-,14-/m0/s1. The summed E-state index contributed by atoms with van der Waals surface area (Å²) in [6, 6.07) is -0.437. The molecule has 0 bridgehead atoms. The molecule has 1 aliphatic heterocycles. The van der Waals surface area contributed by atoms with E-state index in [4.69, 9.17) is 4.74 Å². The van der Waals surface area contributed by atoms with E-state index in [9.17, 15) is 13.6 Å². The summed E-state index contributed by atoms with van der Waals surface area (Å²) in [4.78, 5) is 16.7. The maximum absolute atomic E-state index is 12.7. The third kappa shape index (κ3) is 4.48. The van der Waals surface area contributed by atoms with Crippen molar-refractivity contribution in [2.45, 2.75) is 63.1 Å². The van der Waals surface area contributed by atoms with Crippen molar-refractivity contribution in [3.05, 3.63) is 18.2 Å². The third-order valence-electron chi connectivity index (χ3n) is 5.22. The maximum Gasteiger partial charge on any atom is 0.315 e. The van der Waals surface area contributed by atoms with Crippen LogP contribution in [0.4, 0.5) is 13.6 Å². The lowest BCUT2D eigenvalue weighted by atomic mass is 9.86. The molecule has 0 aromatic carbocycles. The Balaban J connectivity index is 1.52. The molecule has 2 amide bonds. The van der Waals surface area contributed by atoms with Gasteiger partial charge in [-0.2, -0.15) is 0 Å².